The number of amides is 2. The maximum atomic E-state index is 13.9. The second kappa shape index (κ2) is 18.3. The molecule has 5 aromatic rings. The number of carbonyl (C=O) groups excluding carboxylic acids is 3. The Balaban J connectivity index is 1.27. The fourth-order valence-corrected chi connectivity index (χ4v) is 6.69. The van der Waals surface area contributed by atoms with Crippen molar-refractivity contribution < 1.29 is 19.1 Å². The van der Waals surface area contributed by atoms with Crippen molar-refractivity contribution in [2.75, 3.05) is 37.9 Å². The number of esters is 1. The molecule has 9 heteroatoms. The van der Waals surface area contributed by atoms with Crippen molar-refractivity contribution >= 4 is 40.2 Å². The number of aryl methyl sites for hydroxylation is 3. The van der Waals surface area contributed by atoms with Crippen LogP contribution in [0.4, 0.5) is 11.5 Å². The number of nitrogens with one attached hydrogen (secondary N) is 4. The van der Waals surface area contributed by atoms with Gasteiger partial charge in [0, 0.05) is 47.8 Å². The van der Waals surface area contributed by atoms with Crippen LogP contribution in [0.25, 0.3) is 10.9 Å². The maximum absolute atomic E-state index is 13.9. The number of hydrogen-bond acceptors (Lipinski definition) is 6. The van der Waals surface area contributed by atoms with Gasteiger partial charge >= 0.3 is 5.97 Å². The summed E-state index contributed by atoms with van der Waals surface area (Å²) in [7, 11) is 3.35. The van der Waals surface area contributed by atoms with Gasteiger partial charge in [0.15, 0.2) is 0 Å². The first-order chi connectivity index (χ1) is 25.2. The zero-order valence-corrected chi connectivity index (χ0v) is 31.0. The highest BCUT2D eigenvalue weighted by Crippen LogP contribution is 2.29. The Morgan fingerprint density at radius 1 is 0.788 bits per heavy atom. The molecular weight excluding hydrogens is 651 g/mol. The van der Waals surface area contributed by atoms with Crippen LogP contribution < -0.4 is 16.0 Å². The van der Waals surface area contributed by atoms with Crippen LogP contribution in [0.15, 0.2) is 91.0 Å². The lowest BCUT2D eigenvalue weighted by molar-refractivity contribution is 0.0600. The Hall–Kier alpha value is -5.25. The van der Waals surface area contributed by atoms with Gasteiger partial charge in [-0.05, 0) is 111 Å². The second-order valence-electron chi connectivity index (χ2n) is 13.3. The molecule has 0 fully saturated rings. The highest BCUT2D eigenvalue weighted by Gasteiger charge is 2.22. The van der Waals surface area contributed by atoms with E-state index in [0.717, 1.165) is 84.9 Å². The summed E-state index contributed by atoms with van der Waals surface area (Å²) in [6.07, 6.45) is 4.82. The SMILES string of the molecule is CCC(CC)N(CCNC)Cc1cccc(C(=O)Nc2[nH]c3ccc(C)cc3c2C(=O)Nc2ccc(CCCc3ccc(C(=O)OC)cc3)cc2)c1. The molecule has 4 aromatic carbocycles. The molecule has 0 saturated carbocycles. The van der Waals surface area contributed by atoms with Crippen LogP contribution in [0.1, 0.15) is 86.4 Å². The molecule has 272 valence electrons. The third kappa shape index (κ3) is 9.75. The lowest BCUT2D eigenvalue weighted by atomic mass is 10.0. The summed E-state index contributed by atoms with van der Waals surface area (Å²) in [6, 6.07) is 29.4. The van der Waals surface area contributed by atoms with E-state index in [4.69, 9.17) is 4.74 Å². The van der Waals surface area contributed by atoms with Gasteiger partial charge in [-0.1, -0.05) is 61.9 Å². The molecule has 52 heavy (non-hydrogen) atoms. The van der Waals surface area contributed by atoms with Gasteiger partial charge in [0.1, 0.15) is 5.82 Å². The Labute approximate surface area is 307 Å². The quantitative estimate of drug-likeness (QED) is 0.0728. The minimum Gasteiger partial charge on any atom is -0.465 e. The van der Waals surface area contributed by atoms with E-state index in [1.807, 2.05) is 86.8 Å². The van der Waals surface area contributed by atoms with E-state index in [9.17, 15) is 14.4 Å². The number of benzene rings is 4. The van der Waals surface area contributed by atoms with Crippen LogP contribution in [0, 0.1) is 6.92 Å². The Morgan fingerprint density at radius 3 is 2.13 bits per heavy atom. The summed E-state index contributed by atoms with van der Waals surface area (Å²) < 4.78 is 4.78. The summed E-state index contributed by atoms with van der Waals surface area (Å²) in [5.41, 5.74) is 7.29. The predicted octanol–water partition coefficient (Wildman–Crippen LogP) is 8.15. The van der Waals surface area contributed by atoms with Gasteiger partial charge in [-0.25, -0.2) is 4.79 Å². The maximum Gasteiger partial charge on any atom is 0.337 e. The van der Waals surface area contributed by atoms with E-state index in [1.54, 1.807) is 12.1 Å². The lowest BCUT2D eigenvalue weighted by Gasteiger charge is -2.30. The molecule has 0 spiro atoms. The molecular formula is C43H51N5O4. The number of aromatic nitrogens is 1. The number of anilines is 2. The van der Waals surface area contributed by atoms with E-state index < -0.39 is 0 Å². The molecule has 5 rings (SSSR count). The van der Waals surface area contributed by atoms with Crippen molar-refractivity contribution in [1.82, 2.24) is 15.2 Å². The van der Waals surface area contributed by atoms with Crippen molar-refractivity contribution in [1.29, 1.82) is 0 Å². The average Bonchev–Trinajstić information content (AvgIpc) is 3.51. The fraction of sp³-hybridized carbons (Fsp3) is 0.326. The topological polar surface area (TPSA) is 116 Å². The number of fused-ring (bicyclic) bond motifs is 1. The van der Waals surface area contributed by atoms with Gasteiger partial charge in [0.25, 0.3) is 11.8 Å². The van der Waals surface area contributed by atoms with Gasteiger partial charge in [-0.2, -0.15) is 0 Å². The zero-order valence-electron chi connectivity index (χ0n) is 31.0. The molecule has 4 N–H and O–H groups in total. The number of nitrogens with zero attached hydrogens (tertiary/aromatic N) is 1. The smallest absolute Gasteiger partial charge is 0.337 e. The number of H-pyrrole nitrogens is 1. The molecule has 0 saturated heterocycles. The molecule has 0 bridgehead atoms. The number of hydrogen-bond donors (Lipinski definition) is 4. The van der Waals surface area contributed by atoms with Crippen molar-refractivity contribution in [3.63, 3.8) is 0 Å². The fourth-order valence-electron chi connectivity index (χ4n) is 6.69. The molecule has 0 atom stereocenters. The summed E-state index contributed by atoms with van der Waals surface area (Å²) in [5, 5.41) is 10.1. The number of methoxy groups -OCH3 is 1. The van der Waals surface area contributed by atoms with E-state index in [0.29, 0.717) is 34.2 Å². The molecule has 0 radical (unpaired) electrons. The highest BCUT2D eigenvalue weighted by molar-refractivity contribution is 6.19. The van der Waals surface area contributed by atoms with Crippen LogP contribution in [-0.2, 0) is 24.1 Å². The van der Waals surface area contributed by atoms with Crippen molar-refractivity contribution in [2.24, 2.45) is 0 Å². The second-order valence-corrected chi connectivity index (χ2v) is 13.3. The van der Waals surface area contributed by atoms with Crippen LogP contribution in [0.2, 0.25) is 0 Å². The lowest BCUT2D eigenvalue weighted by Crippen LogP contribution is -2.38. The van der Waals surface area contributed by atoms with Gasteiger partial charge in [-0.15, -0.1) is 0 Å². The van der Waals surface area contributed by atoms with Gasteiger partial charge in [-0.3, -0.25) is 14.5 Å². The van der Waals surface area contributed by atoms with Crippen LogP contribution >= 0.6 is 0 Å². The van der Waals surface area contributed by atoms with Crippen LogP contribution in [0.5, 0.6) is 0 Å². The minimum atomic E-state index is -0.337. The average molecular weight is 702 g/mol. The molecule has 1 heterocycles. The third-order valence-electron chi connectivity index (χ3n) is 9.62. The summed E-state index contributed by atoms with van der Waals surface area (Å²) in [5.74, 6) is -0.574. The molecule has 0 unspecified atom stereocenters. The van der Waals surface area contributed by atoms with Crippen molar-refractivity contribution in [3.8, 4) is 0 Å². The predicted molar refractivity (Wildman–Crippen MR) is 210 cm³/mol. The van der Waals surface area contributed by atoms with Crippen molar-refractivity contribution in [3.05, 3.63) is 130 Å². The molecule has 9 nitrogen and oxygen atoms in total. The Morgan fingerprint density at radius 2 is 1.48 bits per heavy atom. The Bertz CT molecular complexity index is 1960. The Kier molecular flexibility index (Phi) is 13.4. The van der Waals surface area contributed by atoms with Gasteiger partial charge in [0.2, 0.25) is 0 Å². The third-order valence-corrected chi connectivity index (χ3v) is 9.62. The first kappa shape index (κ1) is 38.0. The molecule has 2 amide bonds. The highest BCUT2D eigenvalue weighted by atomic mass is 16.5. The van der Waals surface area contributed by atoms with Crippen LogP contribution in [-0.4, -0.2) is 61.0 Å². The minimum absolute atomic E-state index is 0.285. The number of carbonyl (C=O) groups is 3. The number of aromatic amines is 1. The molecule has 0 aliphatic carbocycles. The van der Waals surface area contributed by atoms with Gasteiger partial charge in [0.05, 0.1) is 18.2 Å². The molecule has 0 aliphatic heterocycles. The summed E-state index contributed by atoms with van der Waals surface area (Å²) in [6.45, 7) is 8.98. The zero-order chi connectivity index (χ0) is 37.0. The number of rotatable bonds is 17. The summed E-state index contributed by atoms with van der Waals surface area (Å²) >= 11 is 0. The first-order valence-corrected chi connectivity index (χ1v) is 18.2. The normalized spacial score (nSPS) is 11.3. The van der Waals surface area contributed by atoms with Gasteiger partial charge < -0.3 is 25.7 Å². The summed E-state index contributed by atoms with van der Waals surface area (Å²) in [4.78, 5) is 45.1. The van der Waals surface area contributed by atoms with E-state index in [2.05, 4.69) is 45.7 Å². The standard InChI is InChI=1S/C43H51N5O4/c1-6-36(7-2)48(25-24-44-4)28-32-12-9-13-34(27-32)41(49)47-40-39(37-26-29(3)14-23-38(37)46-40)42(50)45-35-21-17-31(18-22-35)11-8-10-30-15-19-33(20-16-30)43(51)52-5/h9,12-23,26-27,36,44,46H,6-8,10-11,24-25,28H2,1-5H3,(H,45,50)(H,47,49). The van der Waals surface area contributed by atoms with E-state index in [-0.39, 0.29) is 17.8 Å². The molecule has 1 aromatic heterocycles. The number of ether oxygens (including phenoxy) is 1. The van der Waals surface area contributed by atoms with E-state index >= 15 is 0 Å². The molecule has 0 aliphatic rings. The van der Waals surface area contributed by atoms with Crippen LogP contribution in [0.3, 0.4) is 0 Å². The first-order valence-electron chi connectivity index (χ1n) is 18.2. The van der Waals surface area contributed by atoms with E-state index in [1.165, 1.54) is 7.11 Å². The monoisotopic (exact) mass is 701 g/mol. The van der Waals surface area contributed by atoms with Crippen molar-refractivity contribution in [2.45, 2.75) is 65.5 Å². The largest absolute Gasteiger partial charge is 0.465 e. The number of likely N-dealkylation sites (N-methyl/N-ethyl adjacent to an activating group) is 1.